The molecule has 1 aliphatic rings. The van der Waals surface area contributed by atoms with Gasteiger partial charge in [0.05, 0.1) is 5.69 Å². The van der Waals surface area contributed by atoms with Crippen LogP contribution in [0.3, 0.4) is 0 Å². The van der Waals surface area contributed by atoms with Crippen molar-refractivity contribution in [3.8, 4) is 17.1 Å². The minimum Gasteiger partial charge on any atom is -0.346 e. The summed E-state index contributed by atoms with van der Waals surface area (Å²) in [7, 11) is 0. The largest absolute Gasteiger partial charge is 0.346 e. The number of piperidine rings is 1. The summed E-state index contributed by atoms with van der Waals surface area (Å²) in [6.45, 7) is 5.39. The Bertz CT molecular complexity index is 873. The second-order valence-corrected chi connectivity index (χ2v) is 7.46. The molecule has 0 aliphatic carbocycles. The van der Waals surface area contributed by atoms with Gasteiger partial charge in [-0.2, -0.15) is 0 Å². The molecule has 1 saturated heterocycles. The fourth-order valence-corrected chi connectivity index (χ4v) is 3.80. The topological polar surface area (TPSA) is 63.1 Å². The van der Waals surface area contributed by atoms with Gasteiger partial charge < -0.3 is 10.2 Å². The molecule has 2 aromatic carbocycles. The van der Waals surface area contributed by atoms with Gasteiger partial charge in [0, 0.05) is 24.7 Å². The van der Waals surface area contributed by atoms with Crippen LogP contribution in [-0.2, 0) is 0 Å². The summed E-state index contributed by atoms with van der Waals surface area (Å²) in [6, 6.07) is 19.8. The van der Waals surface area contributed by atoms with Crippen molar-refractivity contribution in [2.45, 2.75) is 32.2 Å². The SMILES string of the molecule is CCCN1CCC(NC(=O)c2nc(-c3ccccc3)n(-c3ccccc3)n2)CC1. The molecule has 0 bridgehead atoms. The highest BCUT2D eigenvalue weighted by molar-refractivity contribution is 5.91. The van der Waals surface area contributed by atoms with Gasteiger partial charge in [0.1, 0.15) is 0 Å². The highest BCUT2D eigenvalue weighted by Crippen LogP contribution is 2.21. The second-order valence-electron chi connectivity index (χ2n) is 7.46. The highest BCUT2D eigenvalue weighted by atomic mass is 16.2. The molecule has 0 saturated carbocycles. The first-order valence-electron chi connectivity index (χ1n) is 10.4. The Labute approximate surface area is 171 Å². The number of benzene rings is 2. The van der Waals surface area contributed by atoms with Crippen molar-refractivity contribution in [3.05, 3.63) is 66.5 Å². The molecule has 29 heavy (non-hydrogen) atoms. The molecule has 1 fully saturated rings. The highest BCUT2D eigenvalue weighted by Gasteiger charge is 2.24. The van der Waals surface area contributed by atoms with Crippen molar-refractivity contribution < 1.29 is 4.79 Å². The molecule has 2 heterocycles. The van der Waals surface area contributed by atoms with E-state index >= 15 is 0 Å². The number of likely N-dealkylation sites (tertiary alicyclic amines) is 1. The molecule has 6 heteroatoms. The number of amides is 1. The lowest BCUT2D eigenvalue weighted by Gasteiger charge is -2.31. The molecule has 6 nitrogen and oxygen atoms in total. The van der Waals surface area contributed by atoms with E-state index in [4.69, 9.17) is 0 Å². The Kier molecular flexibility index (Phi) is 6.00. The molecule has 1 aliphatic heterocycles. The standard InChI is InChI=1S/C23H27N5O/c1-2-15-27-16-13-19(14-17-27)24-23(29)21-25-22(18-9-5-3-6-10-18)28(26-21)20-11-7-4-8-12-20/h3-12,19H,2,13-17H2,1H3,(H,24,29). The molecule has 0 unspecified atom stereocenters. The summed E-state index contributed by atoms with van der Waals surface area (Å²) in [5, 5.41) is 7.69. The van der Waals surface area contributed by atoms with Crippen LogP contribution in [0.1, 0.15) is 36.8 Å². The van der Waals surface area contributed by atoms with E-state index in [0.29, 0.717) is 5.82 Å². The van der Waals surface area contributed by atoms with Crippen LogP contribution in [0.15, 0.2) is 60.7 Å². The summed E-state index contributed by atoms with van der Waals surface area (Å²) in [4.78, 5) is 19.9. The monoisotopic (exact) mass is 389 g/mol. The van der Waals surface area contributed by atoms with E-state index in [1.165, 1.54) is 6.42 Å². The maximum atomic E-state index is 12.9. The van der Waals surface area contributed by atoms with Crippen molar-refractivity contribution in [2.75, 3.05) is 19.6 Å². The van der Waals surface area contributed by atoms with Gasteiger partial charge in [-0.1, -0.05) is 55.5 Å². The summed E-state index contributed by atoms with van der Waals surface area (Å²) in [5.41, 5.74) is 1.81. The third-order valence-corrected chi connectivity index (χ3v) is 5.31. The maximum Gasteiger partial charge on any atom is 0.291 e. The van der Waals surface area contributed by atoms with Crippen LogP contribution < -0.4 is 5.32 Å². The third kappa shape index (κ3) is 4.54. The zero-order valence-electron chi connectivity index (χ0n) is 16.8. The Morgan fingerprint density at radius 1 is 1.03 bits per heavy atom. The van der Waals surface area contributed by atoms with Crippen LogP contribution in [0.25, 0.3) is 17.1 Å². The third-order valence-electron chi connectivity index (χ3n) is 5.31. The fraction of sp³-hybridized carbons (Fsp3) is 0.348. The van der Waals surface area contributed by atoms with E-state index in [1.807, 2.05) is 60.7 Å². The molecule has 0 atom stereocenters. The Morgan fingerprint density at radius 2 is 1.69 bits per heavy atom. The lowest BCUT2D eigenvalue weighted by atomic mass is 10.0. The van der Waals surface area contributed by atoms with Gasteiger partial charge in [-0.05, 0) is 37.9 Å². The molecular weight excluding hydrogens is 362 g/mol. The quantitative estimate of drug-likeness (QED) is 0.700. The van der Waals surface area contributed by atoms with Crippen LogP contribution in [-0.4, -0.2) is 51.2 Å². The zero-order valence-corrected chi connectivity index (χ0v) is 16.8. The second kappa shape index (κ2) is 9.01. The first-order chi connectivity index (χ1) is 14.2. The molecule has 4 rings (SSSR count). The van der Waals surface area contributed by atoms with Crippen molar-refractivity contribution in [2.24, 2.45) is 0 Å². The Hall–Kier alpha value is -2.99. The van der Waals surface area contributed by atoms with Crippen LogP contribution in [0.4, 0.5) is 0 Å². The molecule has 0 spiro atoms. The van der Waals surface area contributed by atoms with Crippen LogP contribution in [0, 0.1) is 0 Å². The van der Waals surface area contributed by atoms with Gasteiger partial charge in [0.15, 0.2) is 5.82 Å². The molecule has 1 amide bonds. The van der Waals surface area contributed by atoms with Crippen molar-refractivity contribution >= 4 is 5.91 Å². The molecule has 0 radical (unpaired) electrons. The summed E-state index contributed by atoms with van der Waals surface area (Å²) in [6.07, 6.45) is 3.10. The average Bonchev–Trinajstić information content (AvgIpc) is 3.22. The number of hydrogen-bond donors (Lipinski definition) is 1. The average molecular weight is 390 g/mol. The van der Waals surface area contributed by atoms with Gasteiger partial charge in [-0.15, -0.1) is 5.10 Å². The van der Waals surface area contributed by atoms with Gasteiger partial charge in [-0.25, -0.2) is 9.67 Å². The Morgan fingerprint density at radius 3 is 2.34 bits per heavy atom. The Balaban J connectivity index is 1.55. The normalized spacial score (nSPS) is 15.3. The first-order valence-corrected chi connectivity index (χ1v) is 10.4. The summed E-state index contributed by atoms with van der Waals surface area (Å²) < 4.78 is 1.74. The molecular formula is C23H27N5O. The predicted octanol–water partition coefficient (Wildman–Crippen LogP) is 3.54. The molecule has 1 aromatic heterocycles. The molecule has 1 N–H and O–H groups in total. The minimum absolute atomic E-state index is 0.180. The van der Waals surface area contributed by atoms with E-state index in [-0.39, 0.29) is 17.8 Å². The number of rotatable bonds is 6. The van der Waals surface area contributed by atoms with E-state index in [2.05, 4.69) is 27.2 Å². The fourth-order valence-electron chi connectivity index (χ4n) is 3.80. The lowest BCUT2D eigenvalue weighted by Crippen LogP contribution is -2.45. The zero-order chi connectivity index (χ0) is 20.1. The molecule has 3 aromatic rings. The van der Waals surface area contributed by atoms with Crippen LogP contribution in [0.5, 0.6) is 0 Å². The smallest absolute Gasteiger partial charge is 0.291 e. The van der Waals surface area contributed by atoms with Crippen LogP contribution in [0.2, 0.25) is 0 Å². The summed E-state index contributed by atoms with van der Waals surface area (Å²) >= 11 is 0. The van der Waals surface area contributed by atoms with Gasteiger partial charge in [-0.3, -0.25) is 4.79 Å². The van der Waals surface area contributed by atoms with E-state index in [1.54, 1.807) is 4.68 Å². The predicted molar refractivity (Wildman–Crippen MR) is 114 cm³/mol. The van der Waals surface area contributed by atoms with Crippen molar-refractivity contribution in [1.82, 2.24) is 25.0 Å². The molecule has 150 valence electrons. The van der Waals surface area contributed by atoms with Gasteiger partial charge in [0.25, 0.3) is 5.91 Å². The number of nitrogens with zero attached hydrogens (tertiary/aromatic N) is 4. The number of hydrogen-bond acceptors (Lipinski definition) is 4. The number of carbonyl (C=O) groups is 1. The minimum atomic E-state index is -0.203. The number of carbonyl (C=O) groups excluding carboxylic acids is 1. The van der Waals surface area contributed by atoms with Crippen LogP contribution >= 0.6 is 0 Å². The number of nitrogens with one attached hydrogen (secondary N) is 1. The van der Waals surface area contributed by atoms with Gasteiger partial charge >= 0.3 is 0 Å². The van der Waals surface area contributed by atoms with E-state index < -0.39 is 0 Å². The van der Waals surface area contributed by atoms with E-state index in [0.717, 1.165) is 43.7 Å². The number of para-hydroxylation sites is 1. The summed E-state index contributed by atoms with van der Waals surface area (Å²) in [5.74, 6) is 0.675. The van der Waals surface area contributed by atoms with Crippen molar-refractivity contribution in [3.63, 3.8) is 0 Å². The van der Waals surface area contributed by atoms with E-state index in [9.17, 15) is 4.79 Å². The number of aromatic nitrogens is 3. The maximum absolute atomic E-state index is 12.9. The lowest BCUT2D eigenvalue weighted by molar-refractivity contribution is 0.0900. The first kappa shape index (κ1) is 19.3. The van der Waals surface area contributed by atoms with Crippen molar-refractivity contribution in [1.29, 1.82) is 0 Å². The van der Waals surface area contributed by atoms with Gasteiger partial charge in [0.2, 0.25) is 5.82 Å².